The second-order valence-electron chi connectivity index (χ2n) is 3.77. The van der Waals surface area contributed by atoms with Crippen molar-refractivity contribution in [2.45, 2.75) is 32.4 Å². The number of likely N-dealkylation sites (N-methyl/N-ethyl adjacent to an activating group) is 1. The van der Waals surface area contributed by atoms with Crippen molar-refractivity contribution in [3.05, 3.63) is 18.2 Å². The average Bonchev–Trinajstić information content (AvgIpc) is 2.64. The Morgan fingerprint density at radius 2 is 2.40 bits per heavy atom. The van der Waals surface area contributed by atoms with Gasteiger partial charge in [-0.05, 0) is 14.0 Å². The van der Waals surface area contributed by atoms with Crippen LogP contribution in [0.25, 0.3) is 0 Å². The molecule has 0 aliphatic rings. The van der Waals surface area contributed by atoms with E-state index in [0.29, 0.717) is 6.54 Å². The third-order valence-corrected chi connectivity index (χ3v) is 2.70. The number of carbonyl (C=O) groups is 1. The standard InChI is InChI=1S/C10H18N4O/c1-4-8-13-5-6-14(8)7-10(2,12-3)9(11)15/h5-6,12H,4,7H2,1-3H3,(H2,11,15). The molecule has 5 heteroatoms. The fourth-order valence-electron chi connectivity index (χ4n) is 1.42. The van der Waals surface area contributed by atoms with Crippen molar-refractivity contribution in [2.24, 2.45) is 5.73 Å². The molecule has 0 saturated heterocycles. The van der Waals surface area contributed by atoms with Crippen LogP contribution in [0, 0.1) is 0 Å². The number of aryl methyl sites for hydroxylation is 1. The first-order chi connectivity index (χ1) is 7.03. The van der Waals surface area contributed by atoms with E-state index in [1.807, 2.05) is 17.7 Å². The number of primary amides is 1. The maximum Gasteiger partial charge on any atom is 0.239 e. The third kappa shape index (κ3) is 2.36. The zero-order chi connectivity index (χ0) is 11.5. The number of nitrogens with one attached hydrogen (secondary N) is 1. The molecule has 0 aromatic carbocycles. The number of amides is 1. The van der Waals surface area contributed by atoms with Gasteiger partial charge in [0.05, 0.1) is 6.54 Å². The molecular weight excluding hydrogens is 192 g/mol. The molecule has 3 N–H and O–H groups in total. The number of rotatable bonds is 5. The molecule has 0 aliphatic carbocycles. The number of aromatic nitrogens is 2. The maximum atomic E-state index is 11.3. The lowest BCUT2D eigenvalue weighted by molar-refractivity contribution is -0.124. The van der Waals surface area contributed by atoms with Gasteiger partial charge in [-0.1, -0.05) is 6.92 Å². The molecule has 1 aromatic rings. The van der Waals surface area contributed by atoms with E-state index < -0.39 is 5.54 Å². The molecule has 0 radical (unpaired) electrons. The molecule has 1 unspecified atom stereocenters. The quantitative estimate of drug-likeness (QED) is 0.713. The minimum atomic E-state index is -0.732. The minimum absolute atomic E-state index is 0.360. The highest BCUT2D eigenvalue weighted by atomic mass is 16.1. The van der Waals surface area contributed by atoms with E-state index >= 15 is 0 Å². The smallest absolute Gasteiger partial charge is 0.239 e. The van der Waals surface area contributed by atoms with Crippen molar-refractivity contribution in [1.82, 2.24) is 14.9 Å². The SMILES string of the molecule is CCc1nccn1CC(C)(NC)C(N)=O. The lowest BCUT2D eigenvalue weighted by Crippen LogP contribution is -2.54. The van der Waals surface area contributed by atoms with Crippen molar-refractivity contribution in [3.8, 4) is 0 Å². The maximum absolute atomic E-state index is 11.3. The molecule has 1 aromatic heterocycles. The van der Waals surface area contributed by atoms with E-state index in [0.717, 1.165) is 12.2 Å². The molecule has 0 aliphatic heterocycles. The van der Waals surface area contributed by atoms with Gasteiger partial charge in [0, 0.05) is 18.8 Å². The van der Waals surface area contributed by atoms with Crippen LogP contribution in [0.2, 0.25) is 0 Å². The summed E-state index contributed by atoms with van der Waals surface area (Å²) in [5.74, 6) is 0.596. The van der Waals surface area contributed by atoms with Crippen LogP contribution in [0.3, 0.4) is 0 Å². The Balaban J connectivity index is 2.88. The number of carbonyl (C=O) groups excluding carboxylic acids is 1. The van der Waals surface area contributed by atoms with Crippen molar-refractivity contribution in [2.75, 3.05) is 7.05 Å². The Hall–Kier alpha value is -1.36. The first-order valence-corrected chi connectivity index (χ1v) is 5.02. The molecule has 1 heterocycles. The molecule has 84 valence electrons. The van der Waals surface area contributed by atoms with E-state index in [4.69, 9.17) is 5.73 Å². The highest BCUT2D eigenvalue weighted by Crippen LogP contribution is 2.09. The topological polar surface area (TPSA) is 72.9 Å². The summed E-state index contributed by atoms with van der Waals surface area (Å²) in [6.07, 6.45) is 4.43. The highest BCUT2D eigenvalue weighted by molar-refractivity contribution is 5.84. The summed E-state index contributed by atoms with van der Waals surface area (Å²) < 4.78 is 1.95. The molecule has 0 fully saturated rings. The number of nitrogens with zero attached hydrogens (tertiary/aromatic N) is 2. The monoisotopic (exact) mass is 210 g/mol. The zero-order valence-corrected chi connectivity index (χ0v) is 9.45. The molecule has 5 nitrogen and oxygen atoms in total. The lowest BCUT2D eigenvalue weighted by Gasteiger charge is -2.26. The predicted molar refractivity (Wildman–Crippen MR) is 58.3 cm³/mol. The fraction of sp³-hybridized carbons (Fsp3) is 0.600. The van der Waals surface area contributed by atoms with Gasteiger partial charge in [0.25, 0.3) is 0 Å². The van der Waals surface area contributed by atoms with Gasteiger partial charge in [0.1, 0.15) is 11.4 Å². The second-order valence-corrected chi connectivity index (χ2v) is 3.77. The normalized spacial score (nSPS) is 14.9. The van der Waals surface area contributed by atoms with Gasteiger partial charge in [-0.3, -0.25) is 4.79 Å². The third-order valence-electron chi connectivity index (χ3n) is 2.70. The number of nitrogens with two attached hydrogens (primary N) is 1. The van der Waals surface area contributed by atoms with Crippen LogP contribution in [-0.4, -0.2) is 28.0 Å². The van der Waals surface area contributed by atoms with Gasteiger partial charge < -0.3 is 15.6 Å². The van der Waals surface area contributed by atoms with Gasteiger partial charge in [-0.15, -0.1) is 0 Å². The summed E-state index contributed by atoms with van der Waals surface area (Å²) in [5.41, 5.74) is 4.62. The molecule has 1 rings (SSSR count). The molecule has 0 saturated carbocycles. The fourth-order valence-corrected chi connectivity index (χ4v) is 1.42. The Morgan fingerprint density at radius 1 is 1.73 bits per heavy atom. The van der Waals surface area contributed by atoms with Gasteiger partial charge in [0.15, 0.2) is 0 Å². The largest absolute Gasteiger partial charge is 0.368 e. The van der Waals surface area contributed by atoms with E-state index in [-0.39, 0.29) is 5.91 Å². The van der Waals surface area contributed by atoms with E-state index in [9.17, 15) is 4.79 Å². The number of hydrogen-bond acceptors (Lipinski definition) is 3. The van der Waals surface area contributed by atoms with Crippen LogP contribution in [0.1, 0.15) is 19.7 Å². The first kappa shape index (κ1) is 11.7. The van der Waals surface area contributed by atoms with Gasteiger partial charge in [-0.2, -0.15) is 0 Å². The Kier molecular flexibility index (Phi) is 3.47. The zero-order valence-electron chi connectivity index (χ0n) is 9.45. The first-order valence-electron chi connectivity index (χ1n) is 5.02. The summed E-state index contributed by atoms with van der Waals surface area (Å²) in [7, 11) is 1.73. The molecule has 0 spiro atoms. The number of imidazole rings is 1. The van der Waals surface area contributed by atoms with Crippen molar-refractivity contribution in [3.63, 3.8) is 0 Å². The Morgan fingerprint density at radius 3 is 2.87 bits per heavy atom. The average molecular weight is 210 g/mol. The Bertz CT molecular complexity index is 347. The van der Waals surface area contributed by atoms with Gasteiger partial charge >= 0.3 is 0 Å². The molecule has 15 heavy (non-hydrogen) atoms. The molecule has 1 atom stereocenters. The van der Waals surface area contributed by atoms with Crippen LogP contribution < -0.4 is 11.1 Å². The summed E-state index contributed by atoms with van der Waals surface area (Å²) in [6, 6.07) is 0. The number of hydrogen-bond donors (Lipinski definition) is 2. The van der Waals surface area contributed by atoms with Crippen LogP contribution in [0.15, 0.2) is 12.4 Å². The van der Waals surface area contributed by atoms with Crippen molar-refractivity contribution in [1.29, 1.82) is 0 Å². The van der Waals surface area contributed by atoms with Crippen LogP contribution >= 0.6 is 0 Å². The highest BCUT2D eigenvalue weighted by Gasteiger charge is 2.29. The van der Waals surface area contributed by atoms with Gasteiger partial charge in [0.2, 0.25) is 5.91 Å². The van der Waals surface area contributed by atoms with E-state index in [1.54, 1.807) is 20.2 Å². The summed E-state index contributed by atoms with van der Waals surface area (Å²) in [5, 5.41) is 2.94. The second kappa shape index (κ2) is 4.44. The predicted octanol–water partition coefficient (Wildman–Crippen LogP) is -0.0911. The summed E-state index contributed by atoms with van der Waals surface area (Å²) in [6.45, 7) is 4.32. The molecule has 1 amide bonds. The summed E-state index contributed by atoms with van der Waals surface area (Å²) >= 11 is 0. The van der Waals surface area contributed by atoms with Crippen LogP contribution in [0.5, 0.6) is 0 Å². The minimum Gasteiger partial charge on any atom is -0.368 e. The Labute approximate surface area is 89.7 Å². The lowest BCUT2D eigenvalue weighted by atomic mass is 10.0. The van der Waals surface area contributed by atoms with Crippen molar-refractivity contribution < 1.29 is 4.79 Å². The van der Waals surface area contributed by atoms with Gasteiger partial charge in [-0.25, -0.2) is 4.98 Å². The molecule has 0 bridgehead atoms. The van der Waals surface area contributed by atoms with Crippen LogP contribution in [0.4, 0.5) is 0 Å². The van der Waals surface area contributed by atoms with Crippen molar-refractivity contribution >= 4 is 5.91 Å². The van der Waals surface area contributed by atoms with Crippen LogP contribution in [-0.2, 0) is 17.8 Å². The molecular formula is C10H18N4O. The summed E-state index contributed by atoms with van der Waals surface area (Å²) in [4.78, 5) is 15.5. The van der Waals surface area contributed by atoms with E-state index in [2.05, 4.69) is 10.3 Å². The van der Waals surface area contributed by atoms with E-state index in [1.165, 1.54) is 0 Å².